The first kappa shape index (κ1) is 7.86. The fraction of sp³-hybridized carbons (Fsp3) is 1.00. The van der Waals surface area contributed by atoms with Gasteiger partial charge in [-0.1, -0.05) is 20.3 Å². The predicted octanol–water partition coefficient (Wildman–Crippen LogP) is 2.34. The topological polar surface area (TPSA) is 0 Å². The average Bonchev–Trinajstić information content (AvgIpc) is 1.84. The van der Waals surface area contributed by atoms with Crippen molar-refractivity contribution in [1.82, 2.24) is 0 Å². The molecule has 2 unspecified atom stereocenters. The van der Waals surface area contributed by atoms with E-state index in [1.165, 1.54) is 0 Å². The standard InChI is InChI=1S/C6H12F2/c1-3-5(2)6(8)4-7/h5-6H,3-4H2,1-2H3. The Hall–Kier alpha value is -0.140. The van der Waals surface area contributed by atoms with Crippen molar-refractivity contribution in [2.75, 3.05) is 6.67 Å². The summed E-state index contributed by atoms with van der Waals surface area (Å²) in [4.78, 5) is 0. The lowest BCUT2D eigenvalue weighted by molar-refractivity contribution is 0.189. The van der Waals surface area contributed by atoms with E-state index in [9.17, 15) is 8.78 Å². The van der Waals surface area contributed by atoms with Crippen molar-refractivity contribution in [2.24, 2.45) is 5.92 Å². The first-order chi connectivity index (χ1) is 3.72. The van der Waals surface area contributed by atoms with E-state index >= 15 is 0 Å². The molecule has 0 rings (SSSR count). The number of hydrogen-bond acceptors (Lipinski definition) is 0. The van der Waals surface area contributed by atoms with Gasteiger partial charge >= 0.3 is 0 Å². The molecule has 0 N–H and O–H groups in total. The third-order valence-electron chi connectivity index (χ3n) is 1.41. The highest BCUT2D eigenvalue weighted by molar-refractivity contribution is 4.60. The molecule has 0 aliphatic rings. The zero-order valence-electron chi connectivity index (χ0n) is 5.32. The summed E-state index contributed by atoms with van der Waals surface area (Å²) >= 11 is 0. The van der Waals surface area contributed by atoms with Crippen molar-refractivity contribution in [3.05, 3.63) is 0 Å². The molecule has 0 aromatic carbocycles. The van der Waals surface area contributed by atoms with Gasteiger partial charge in [-0.05, 0) is 5.92 Å². The molecule has 2 atom stereocenters. The van der Waals surface area contributed by atoms with Gasteiger partial charge in [0.2, 0.25) is 0 Å². The van der Waals surface area contributed by atoms with Crippen LogP contribution in [-0.4, -0.2) is 12.8 Å². The molecule has 0 bridgehead atoms. The van der Waals surface area contributed by atoms with Crippen molar-refractivity contribution < 1.29 is 8.78 Å². The van der Waals surface area contributed by atoms with Crippen LogP contribution in [0.2, 0.25) is 0 Å². The van der Waals surface area contributed by atoms with Gasteiger partial charge in [-0.2, -0.15) is 0 Å². The molecule has 0 heterocycles. The first-order valence-corrected chi connectivity index (χ1v) is 2.92. The van der Waals surface area contributed by atoms with Crippen LogP contribution in [0.3, 0.4) is 0 Å². The van der Waals surface area contributed by atoms with Crippen LogP contribution >= 0.6 is 0 Å². The minimum absolute atomic E-state index is 0.125. The molecule has 0 spiro atoms. The van der Waals surface area contributed by atoms with E-state index in [2.05, 4.69) is 0 Å². The Labute approximate surface area is 48.9 Å². The van der Waals surface area contributed by atoms with Crippen LogP contribution in [-0.2, 0) is 0 Å². The van der Waals surface area contributed by atoms with Crippen molar-refractivity contribution in [1.29, 1.82) is 0 Å². The van der Waals surface area contributed by atoms with Gasteiger partial charge in [-0.3, -0.25) is 0 Å². The second-order valence-electron chi connectivity index (χ2n) is 2.06. The summed E-state index contributed by atoms with van der Waals surface area (Å²) in [5.41, 5.74) is 0. The van der Waals surface area contributed by atoms with E-state index in [-0.39, 0.29) is 5.92 Å². The van der Waals surface area contributed by atoms with Crippen LogP contribution in [0.25, 0.3) is 0 Å². The van der Waals surface area contributed by atoms with Gasteiger partial charge in [0.15, 0.2) is 0 Å². The summed E-state index contributed by atoms with van der Waals surface area (Å²) in [5, 5.41) is 0. The van der Waals surface area contributed by atoms with E-state index in [0.29, 0.717) is 6.42 Å². The number of hydrogen-bond donors (Lipinski definition) is 0. The molecule has 0 saturated heterocycles. The molecule has 0 nitrogen and oxygen atoms in total. The maximum absolute atomic E-state index is 12.2. The third kappa shape index (κ3) is 2.24. The van der Waals surface area contributed by atoms with Crippen molar-refractivity contribution in [3.63, 3.8) is 0 Å². The van der Waals surface area contributed by atoms with Crippen LogP contribution in [0, 0.1) is 5.92 Å². The van der Waals surface area contributed by atoms with Crippen LogP contribution in [0.15, 0.2) is 0 Å². The van der Waals surface area contributed by atoms with Crippen molar-refractivity contribution in [2.45, 2.75) is 26.4 Å². The molecule has 0 aliphatic heterocycles. The van der Waals surface area contributed by atoms with Gasteiger partial charge in [0.25, 0.3) is 0 Å². The normalized spacial score (nSPS) is 18.0. The lowest BCUT2D eigenvalue weighted by Crippen LogP contribution is -2.13. The molecule has 2 heteroatoms. The molecule has 0 radical (unpaired) electrons. The second-order valence-corrected chi connectivity index (χ2v) is 2.06. The quantitative estimate of drug-likeness (QED) is 0.539. The first-order valence-electron chi connectivity index (χ1n) is 2.92. The largest absolute Gasteiger partial charge is 0.248 e. The van der Waals surface area contributed by atoms with E-state index in [1.807, 2.05) is 6.92 Å². The fourth-order valence-corrected chi connectivity index (χ4v) is 0.408. The van der Waals surface area contributed by atoms with Gasteiger partial charge in [0, 0.05) is 0 Å². The lowest BCUT2D eigenvalue weighted by atomic mass is 10.1. The minimum Gasteiger partial charge on any atom is -0.248 e. The SMILES string of the molecule is CCC(C)C(F)CF. The van der Waals surface area contributed by atoms with E-state index in [0.717, 1.165) is 0 Å². The molecule has 0 aromatic rings. The fourth-order valence-electron chi connectivity index (χ4n) is 0.408. The monoisotopic (exact) mass is 122 g/mol. The van der Waals surface area contributed by atoms with Gasteiger partial charge in [0.1, 0.15) is 12.8 Å². The summed E-state index contributed by atoms with van der Waals surface area (Å²) in [6, 6.07) is 0. The number of halogens is 2. The third-order valence-corrected chi connectivity index (χ3v) is 1.41. The van der Waals surface area contributed by atoms with Gasteiger partial charge in [-0.25, -0.2) is 8.78 Å². The molecule has 0 fully saturated rings. The highest BCUT2D eigenvalue weighted by Crippen LogP contribution is 2.10. The van der Waals surface area contributed by atoms with Crippen LogP contribution in [0.1, 0.15) is 20.3 Å². The van der Waals surface area contributed by atoms with Gasteiger partial charge in [0.05, 0.1) is 0 Å². The highest BCUT2D eigenvalue weighted by Gasteiger charge is 2.12. The van der Waals surface area contributed by atoms with E-state index in [4.69, 9.17) is 0 Å². The van der Waals surface area contributed by atoms with Crippen LogP contribution in [0.4, 0.5) is 8.78 Å². The molecule has 0 saturated carbocycles. The predicted molar refractivity (Wildman–Crippen MR) is 30.3 cm³/mol. The zero-order valence-corrected chi connectivity index (χ0v) is 5.32. The molecule has 0 amide bonds. The number of rotatable bonds is 3. The Balaban J connectivity index is 3.29. The number of alkyl halides is 2. The highest BCUT2D eigenvalue weighted by atomic mass is 19.2. The van der Waals surface area contributed by atoms with Gasteiger partial charge < -0.3 is 0 Å². The smallest absolute Gasteiger partial charge is 0.131 e. The molecular weight excluding hydrogens is 110 g/mol. The molecule has 8 heavy (non-hydrogen) atoms. The molecular formula is C6H12F2. The zero-order chi connectivity index (χ0) is 6.57. The van der Waals surface area contributed by atoms with Crippen LogP contribution in [0.5, 0.6) is 0 Å². The summed E-state index contributed by atoms with van der Waals surface area (Å²) in [5.74, 6) is -0.125. The summed E-state index contributed by atoms with van der Waals surface area (Å²) in [7, 11) is 0. The lowest BCUT2D eigenvalue weighted by Gasteiger charge is -2.08. The summed E-state index contributed by atoms with van der Waals surface area (Å²) < 4.78 is 23.6. The average molecular weight is 122 g/mol. The van der Waals surface area contributed by atoms with Gasteiger partial charge in [-0.15, -0.1) is 0 Å². The summed E-state index contributed by atoms with van der Waals surface area (Å²) in [6.07, 6.45) is -0.537. The Morgan fingerprint density at radius 3 is 2.12 bits per heavy atom. The summed E-state index contributed by atoms with van der Waals surface area (Å²) in [6.45, 7) is 2.73. The van der Waals surface area contributed by atoms with Crippen LogP contribution < -0.4 is 0 Å². The Kier molecular flexibility index (Phi) is 3.75. The second kappa shape index (κ2) is 3.81. The van der Waals surface area contributed by atoms with E-state index < -0.39 is 12.8 Å². The Bertz CT molecular complexity index is 46.5. The van der Waals surface area contributed by atoms with E-state index in [1.54, 1.807) is 6.92 Å². The Morgan fingerprint density at radius 2 is 2.00 bits per heavy atom. The molecule has 50 valence electrons. The molecule has 0 aliphatic carbocycles. The van der Waals surface area contributed by atoms with Crippen molar-refractivity contribution >= 4 is 0 Å². The molecule has 0 aromatic heterocycles. The Morgan fingerprint density at radius 1 is 1.50 bits per heavy atom. The minimum atomic E-state index is -1.25. The maximum Gasteiger partial charge on any atom is 0.131 e. The maximum atomic E-state index is 12.2. The van der Waals surface area contributed by atoms with Crippen molar-refractivity contribution in [3.8, 4) is 0 Å².